The zero-order valence-electron chi connectivity index (χ0n) is 9.13. The average molecular weight is 309 g/mol. The molecule has 1 rings (SSSR count). The third-order valence-electron chi connectivity index (χ3n) is 1.57. The first kappa shape index (κ1) is 20.8. The number of benzene rings is 1. The van der Waals surface area contributed by atoms with Crippen molar-refractivity contribution in [2.75, 3.05) is 5.73 Å². The Morgan fingerprint density at radius 1 is 1.29 bits per heavy atom. The van der Waals surface area contributed by atoms with E-state index in [1.807, 2.05) is 0 Å². The summed E-state index contributed by atoms with van der Waals surface area (Å²) in [6.07, 6.45) is 0. The van der Waals surface area contributed by atoms with Crippen molar-refractivity contribution in [3.8, 4) is 5.75 Å². The number of rotatable bonds is 2. The van der Waals surface area contributed by atoms with Gasteiger partial charge in [0, 0.05) is 11.3 Å². The average Bonchev–Trinajstić information content (AvgIpc) is 1.99. The second kappa shape index (κ2) is 7.92. The van der Waals surface area contributed by atoms with Crippen LogP contribution in [0.2, 0.25) is 0 Å². The predicted octanol–water partition coefficient (Wildman–Crippen LogP) is -8.04. The van der Waals surface area contributed by atoms with Crippen molar-refractivity contribution < 1.29 is 131 Å². The summed E-state index contributed by atoms with van der Waals surface area (Å²) in [5, 5.41) is 21.5. The Kier molecular flexibility index (Phi) is 9.68. The van der Waals surface area contributed by atoms with Crippen molar-refractivity contribution in [1.82, 2.24) is 0 Å². The molecule has 0 aliphatic heterocycles. The van der Waals surface area contributed by atoms with Crippen LogP contribution < -0.4 is 119 Å². The van der Waals surface area contributed by atoms with E-state index in [4.69, 9.17) is 10.3 Å². The van der Waals surface area contributed by atoms with Crippen LogP contribution in [0.15, 0.2) is 17.0 Å². The van der Waals surface area contributed by atoms with E-state index in [1.54, 1.807) is 0 Å². The molecule has 17 heavy (non-hydrogen) atoms. The van der Waals surface area contributed by atoms with Crippen LogP contribution in [0.1, 0.15) is 10.4 Å². The molecule has 0 spiro atoms. The van der Waals surface area contributed by atoms with E-state index in [2.05, 4.69) is 0 Å². The van der Waals surface area contributed by atoms with Crippen LogP contribution in [-0.4, -0.2) is 18.9 Å². The number of carbonyl (C=O) groups is 1. The summed E-state index contributed by atoms with van der Waals surface area (Å²) in [7, 11) is -4.82. The van der Waals surface area contributed by atoms with Crippen molar-refractivity contribution >= 4 is 21.8 Å². The van der Waals surface area contributed by atoms with Crippen molar-refractivity contribution in [2.24, 2.45) is 0 Å². The van der Waals surface area contributed by atoms with Gasteiger partial charge < -0.3 is 20.7 Å². The third kappa shape index (κ3) is 5.54. The van der Waals surface area contributed by atoms with Gasteiger partial charge in [-0.3, -0.25) is 4.55 Å². The molecule has 10 heteroatoms. The van der Waals surface area contributed by atoms with E-state index < -0.39 is 32.3 Å². The summed E-state index contributed by atoms with van der Waals surface area (Å²) in [4.78, 5) is 9.41. The SMILES string of the molecule is Nc1cc([O-])c(C(=O)[O-])c(S(=O)(=O)O)c1.[K+].[K+]. The van der Waals surface area contributed by atoms with Crippen molar-refractivity contribution in [1.29, 1.82) is 0 Å². The smallest absolute Gasteiger partial charge is 0.872 e. The molecular weight excluding hydrogens is 304 g/mol. The number of carboxylic acids is 1. The van der Waals surface area contributed by atoms with Gasteiger partial charge in [-0.2, -0.15) is 8.42 Å². The molecule has 0 fully saturated rings. The van der Waals surface area contributed by atoms with Gasteiger partial charge in [0.05, 0.1) is 5.97 Å². The predicted molar refractivity (Wildman–Crippen MR) is 44.4 cm³/mol. The Morgan fingerprint density at radius 3 is 2.12 bits per heavy atom. The number of aromatic carboxylic acids is 1. The molecule has 0 saturated heterocycles. The number of nitrogens with two attached hydrogens (primary N) is 1. The molecule has 1 aromatic carbocycles. The Balaban J connectivity index is 0. The molecule has 82 valence electrons. The molecular formula is C7H5K2NO6S. The number of carbonyl (C=O) groups excluding carboxylic acids is 1. The van der Waals surface area contributed by atoms with Gasteiger partial charge in [-0.15, -0.1) is 0 Å². The van der Waals surface area contributed by atoms with Crippen LogP contribution in [-0.2, 0) is 10.1 Å². The van der Waals surface area contributed by atoms with E-state index in [9.17, 15) is 23.4 Å². The second-order valence-electron chi connectivity index (χ2n) is 2.65. The first-order valence-corrected chi connectivity index (χ1v) is 4.97. The molecule has 0 saturated carbocycles. The Bertz CT molecular complexity index is 529. The first-order valence-electron chi connectivity index (χ1n) is 3.53. The van der Waals surface area contributed by atoms with Crippen molar-refractivity contribution in [2.45, 2.75) is 4.90 Å². The Labute approximate surface area is 182 Å². The van der Waals surface area contributed by atoms with Crippen LogP contribution in [0.3, 0.4) is 0 Å². The largest absolute Gasteiger partial charge is 1.00 e. The minimum Gasteiger partial charge on any atom is -0.872 e. The summed E-state index contributed by atoms with van der Waals surface area (Å²) in [5.74, 6) is -3.13. The molecule has 3 N–H and O–H groups in total. The second-order valence-corrected chi connectivity index (χ2v) is 4.04. The summed E-state index contributed by atoms with van der Waals surface area (Å²) in [5.41, 5.74) is 3.74. The van der Waals surface area contributed by atoms with Crippen LogP contribution in [0.25, 0.3) is 0 Å². The summed E-state index contributed by atoms with van der Waals surface area (Å²) >= 11 is 0. The number of anilines is 1. The minimum atomic E-state index is -4.82. The fourth-order valence-electron chi connectivity index (χ4n) is 1.01. The van der Waals surface area contributed by atoms with Gasteiger partial charge in [-0.1, -0.05) is 5.75 Å². The monoisotopic (exact) mass is 309 g/mol. The van der Waals surface area contributed by atoms with Crippen LogP contribution >= 0.6 is 0 Å². The number of nitrogen functional groups attached to an aromatic ring is 1. The molecule has 0 aromatic heterocycles. The molecule has 0 aliphatic carbocycles. The van der Waals surface area contributed by atoms with E-state index >= 15 is 0 Å². The fraction of sp³-hybridized carbons (Fsp3) is 0. The van der Waals surface area contributed by atoms with E-state index in [0.717, 1.165) is 6.07 Å². The van der Waals surface area contributed by atoms with Gasteiger partial charge >= 0.3 is 103 Å². The molecule has 0 atom stereocenters. The quantitative estimate of drug-likeness (QED) is 0.313. The molecule has 1 aromatic rings. The maximum Gasteiger partial charge on any atom is 1.00 e. The number of hydrogen-bond acceptors (Lipinski definition) is 6. The third-order valence-corrected chi connectivity index (χ3v) is 2.45. The summed E-state index contributed by atoms with van der Waals surface area (Å²) in [6, 6.07) is 1.39. The van der Waals surface area contributed by atoms with Gasteiger partial charge in [-0.05, 0) is 12.1 Å². The van der Waals surface area contributed by atoms with Gasteiger partial charge in [0.25, 0.3) is 10.1 Å². The van der Waals surface area contributed by atoms with Crippen LogP contribution in [0, 0.1) is 0 Å². The molecule has 0 aliphatic rings. The zero-order valence-corrected chi connectivity index (χ0v) is 16.2. The maximum absolute atomic E-state index is 11.1. The standard InChI is InChI=1S/C7H7NO6S.2K/c8-3-1-4(9)6(7(10)11)5(2-3)15(12,13)14;;/h1-2,9H,8H2,(H,10,11)(H,12,13,14);;/q;2*+1/p-2. The molecule has 0 heterocycles. The number of carboxylic acid groups (broad SMARTS) is 1. The number of hydrogen-bond donors (Lipinski definition) is 2. The van der Waals surface area contributed by atoms with Crippen LogP contribution in [0.5, 0.6) is 5.75 Å². The molecule has 0 amide bonds. The topological polar surface area (TPSA) is 144 Å². The van der Waals surface area contributed by atoms with Crippen molar-refractivity contribution in [3.63, 3.8) is 0 Å². The molecule has 7 nitrogen and oxygen atoms in total. The summed E-state index contributed by atoms with van der Waals surface area (Å²) < 4.78 is 30.1. The molecule has 0 bridgehead atoms. The van der Waals surface area contributed by atoms with Gasteiger partial charge in [0.1, 0.15) is 4.90 Å². The Hall–Kier alpha value is 1.47. The van der Waals surface area contributed by atoms with Crippen molar-refractivity contribution in [3.05, 3.63) is 17.7 Å². The van der Waals surface area contributed by atoms with E-state index in [0.29, 0.717) is 6.07 Å². The van der Waals surface area contributed by atoms with E-state index in [1.165, 1.54) is 0 Å². The van der Waals surface area contributed by atoms with Gasteiger partial charge in [0.2, 0.25) is 0 Å². The minimum absolute atomic E-state index is 0. The maximum atomic E-state index is 11.1. The molecule has 0 radical (unpaired) electrons. The molecule has 0 unspecified atom stereocenters. The first-order chi connectivity index (χ1) is 6.73. The van der Waals surface area contributed by atoms with Gasteiger partial charge in [-0.25, -0.2) is 0 Å². The van der Waals surface area contributed by atoms with Crippen LogP contribution in [0.4, 0.5) is 5.69 Å². The normalized spacial score (nSPS) is 9.94. The van der Waals surface area contributed by atoms with E-state index in [-0.39, 0.29) is 108 Å². The summed E-state index contributed by atoms with van der Waals surface area (Å²) in [6.45, 7) is 0. The fourth-order valence-corrected chi connectivity index (χ4v) is 1.74. The Morgan fingerprint density at radius 2 is 1.76 bits per heavy atom. The zero-order chi connectivity index (χ0) is 11.8. The van der Waals surface area contributed by atoms with Gasteiger partial charge in [0.15, 0.2) is 0 Å².